The smallest absolute Gasteiger partial charge is 0.289 e. The first kappa shape index (κ1) is 10.4. The predicted octanol–water partition coefficient (Wildman–Crippen LogP) is 1.61. The van der Waals surface area contributed by atoms with E-state index >= 15 is 0 Å². The van der Waals surface area contributed by atoms with Crippen molar-refractivity contribution in [3.05, 3.63) is 36.1 Å². The van der Waals surface area contributed by atoms with Crippen LogP contribution in [-0.2, 0) is 0 Å². The molecule has 0 aliphatic carbocycles. The summed E-state index contributed by atoms with van der Waals surface area (Å²) in [7, 11) is 0. The summed E-state index contributed by atoms with van der Waals surface area (Å²) in [6.45, 7) is 1.34. The van der Waals surface area contributed by atoms with Crippen molar-refractivity contribution in [2.75, 3.05) is 13.1 Å². The lowest BCUT2D eigenvalue weighted by Crippen LogP contribution is -2.31. The van der Waals surface area contributed by atoms with E-state index in [1.165, 1.54) is 0 Å². The van der Waals surface area contributed by atoms with Crippen LogP contribution in [-0.4, -0.2) is 29.9 Å². The molecule has 1 saturated heterocycles. The minimum atomic E-state index is -0.0610. The topological polar surface area (TPSA) is 59.5 Å². The molecule has 1 aromatic heterocycles. The van der Waals surface area contributed by atoms with Gasteiger partial charge in [0.15, 0.2) is 5.76 Å². The van der Waals surface area contributed by atoms with Crippen molar-refractivity contribution in [2.45, 2.75) is 12.5 Å². The summed E-state index contributed by atoms with van der Waals surface area (Å²) in [6, 6.07) is 9.52. The summed E-state index contributed by atoms with van der Waals surface area (Å²) in [5.41, 5.74) is 6.54. The third kappa shape index (κ3) is 1.80. The van der Waals surface area contributed by atoms with Crippen LogP contribution in [0, 0.1) is 0 Å². The molecule has 0 radical (unpaired) electrons. The fourth-order valence-corrected chi connectivity index (χ4v) is 2.21. The monoisotopic (exact) mass is 230 g/mol. The standard InChI is InChI=1S/C13H14N2O2/c14-10-5-6-15(8-10)13(16)12-7-9-3-1-2-4-11(9)17-12/h1-4,7,10H,5-6,8,14H2. The zero-order chi connectivity index (χ0) is 11.8. The van der Waals surface area contributed by atoms with E-state index in [-0.39, 0.29) is 11.9 Å². The van der Waals surface area contributed by atoms with Crippen molar-refractivity contribution in [2.24, 2.45) is 5.73 Å². The lowest BCUT2D eigenvalue weighted by Gasteiger charge is -2.13. The molecule has 0 bridgehead atoms. The van der Waals surface area contributed by atoms with Crippen LogP contribution < -0.4 is 5.73 Å². The average Bonchev–Trinajstić information content (AvgIpc) is 2.93. The highest BCUT2D eigenvalue weighted by Crippen LogP contribution is 2.21. The number of hydrogen-bond acceptors (Lipinski definition) is 3. The summed E-state index contributed by atoms with van der Waals surface area (Å²) >= 11 is 0. The molecule has 17 heavy (non-hydrogen) atoms. The van der Waals surface area contributed by atoms with Crippen molar-refractivity contribution in [1.29, 1.82) is 0 Å². The number of likely N-dealkylation sites (tertiary alicyclic amines) is 1. The number of nitrogens with zero attached hydrogens (tertiary/aromatic N) is 1. The van der Waals surface area contributed by atoms with E-state index in [9.17, 15) is 4.79 Å². The van der Waals surface area contributed by atoms with Crippen molar-refractivity contribution in [1.82, 2.24) is 4.90 Å². The zero-order valence-corrected chi connectivity index (χ0v) is 9.43. The molecule has 2 aromatic rings. The van der Waals surface area contributed by atoms with E-state index < -0.39 is 0 Å². The Morgan fingerprint density at radius 3 is 2.94 bits per heavy atom. The van der Waals surface area contributed by atoms with E-state index in [2.05, 4.69) is 0 Å². The summed E-state index contributed by atoms with van der Waals surface area (Å²) in [6.07, 6.45) is 0.867. The number of nitrogens with two attached hydrogens (primary N) is 1. The highest BCUT2D eigenvalue weighted by Gasteiger charge is 2.26. The molecule has 1 aliphatic heterocycles. The van der Waals surface area contributed by atoms with Crippen molar-refractivity contribution >= 4 is 16.9 Å². The van der Waals surface area contributed by atoms with Gasteiger partial charge in [-0.2, -0.15) is 0 Å². The van der Waals surface area contributed by atoms with Gasteiger partial charge in [-0.25, -0.2) is 0 Å². The Bertz CT molecular complexity index is 528. The zero-order valence-electron chi connectivity index (χ0n) is 9.43. The van der Waals surface area contributed by atoms with Gasteiger partial charge in [0, 0.05) is 24.5 Å². The van der Waals surface area contributed by atoms with Gasteiger partial charge >= 0.3 is 0 Å². The molecular weight excluding hydrogens is 216 g/mol. The quantitative estimate of drug-likeness (QED) is 0.809. The van der Waals surface area contributed by atoms with E-state index in [4.69, 9.17) is 10.2 Å². The highest BCUT2D eigenvalue weighted by atomic mass is 16.3. The largest absolute Gasteiger partial charge is 0.451 e. The molecule has 1 atom stereocenters. The molecule has 1 aliphatic rings. The predicted molar refractivity (Wildman–Crippen MR) is 64.7 cm³/mol. The van der Waals surface area contributed by atoms with E-state index in [0.29, 0.717) is 12.3 Å². The molecule has 1 aromatic carbocycles. The summed E-state index contributed by atoms with van der Waals surface area (Å²) < 4.78 is 5.55. The second kappa shape index (κ2) is 3.89. The molecule has 4 nitrogen and oxygen atoms in total. The summed E-state index contributed by atoms with van der Waals surface area (Å²) in [5, 5.41) is 0.958. The van der Waals surface area contributed by atoms with Gasteiger partial charge in [0.05, 0.1) is 0 Å². The normalized spacial score (nSPS) is 20.1. The van der Waals surface area contributed by atoms with Crippen molar-refractivity contribution < 1.29 is 9.21 Å². The molecule has 2 heterocycles. The minimum Gasteiger partial charge on any atom is -0.451 e. The Morgan fingerprint density at radius 1 is 1.41 bits per heavy atom. The van der Waals surface area contributed by atoms with Crippen LogP contribution in [0.1, 0.15) is 17.0 Å². The number of carbonyl (C=O) groups excluding carboxylic acids is 1. The fraction of sp³-hybridized carbons (Fsp3) is 0.308. The van der Waals surface area contributed by atoms with Gasteiger partial charge in [-0.3, -0.25) is 4.79 Å². The Kier molecular flexibility index (Phi) is 2.37. The number of rotatable bonds is 1. The molecule has 4 heteroatoms. The maximum Gasteiger partial charge on any atom is 0.289 e. The van der Waals surface area contributed by atoms with E-state index in [1.807, 2.05) is 24.3 Å². The lowest BCUT2D eigenvalue weighted by atomic mass is 10.2. The average molecular weight is 230 g/mol. The number of amides is 1. The Labute approximate surface area is 99.0 Å². The molecule has 1 amide bonds. The first-order valence-corrected chi connectivity index (χ1v) is 5.77. The van der Waals surface area contributed by atoms with Crippen LogP contribution >= 0.6 is 0 Å². The molecule has 0 saturated carbocycles. The molecular formula is C13H14N2O2. The van der Waals surface area contributed by atoms with Crippen molar-refractivity contribution in [3.8, 4) is 0 Å². The lowest BCUT2D eigenvalue weighted by molar-refractivity contribution is 0.0761. The SMILES string of the molecule is NC1CCN(C(=O)c2cc3ccccc3o2)C1. The molecule has 2 N–H and O–H groups in total. The molecule has 88 valence electrons. The number of hydrogen-bond donors (Lipinski definition) is 1. The van der Waals surface area contributed by atoms with Gasteiger partial charge in [0.1, 0.15) is 5.58 Å². The van der Waals surface area contributed by atoms with Crippen molar-refractivity contribution in [3.63, 3.8) is 0 Å². The van der Waals surface area contributed by atoms with Gasteiger partial charge < -0.3 is 15.1 Å². The number of benzene rings is 1. The number of carbonyl (C=O) groups is 1. The minimum absolute atomic E-state index is 0.0610. The molecule has 1 unspecified atom stereocenters. The van der Waals surface area contributed by atoms with Gasteiger partial charge in [0.2, 0.25) is 0 Å². The maximum absolute atomic E-state index is 12.1. The second-order valence-electron chi connectivity index (χ2n) is 4.45. The summed E-state index contributed by atoms with van der Waals surface area (Å²) in [5.74, 6) is 0.342. The van der Waals surface area contributed by atoms with Crippen LogP contribution in [0.15, 0.2) is 34.7 Å². The summed E-state index contributed by atoms with van der Waals surface area (Å²) in [4.78, 5) is 13.9. The van der Waals surface area contributed by atoms with Crippen LogP contribution in [0.25, 0.3) is 11.0 Å². The van der Waals surface area contributed by atoms with Gasteiger partial charge in [-0.1, -0.05) is 18.2 Å². The van der Waals surface area contributed by atoms with Gasteiger partial charge in [-0.15, -0.1) is 0 Å². The molecule has 1 fully saturated rings. The van der Waals surface area contributed by atoms with E-state index in [1.54, 1.807) is 11.0 Å². The number of para-hydroxylation sites is 1. The van der Waals surface area contributed by atoms with Crippen LogP contribution in [0.5, 0.6) is 0 Å². The third-order valence-electron chi connectivity index (χ3n) is 3.15. The molecule has 3 rings (SSSR count). The number of fused-ring (bicyclic) bond motifs is 1. The Morgan fingerprint density at radius 2 is 2.24 bits per heavy atom. The van der Waals surface area contributed by atoms with Gasteiger partial charge in [0.25, 0.3) is 5.91 Å². The number of furan rings is 1. The van der Waals surface area contributed by atoms with Crippen LogP contribution in [0.2, 0.25) is 0 Å². The fourth-order valence-electron chi connectivity index (χ4n) is 2.21. The van der Waals surface area contributed by atoms with Crippen LogP contribution in [0.4, 0.5) is 0 Å². The Balaban J connectivity index is 1.90. The second-order valence-corrected chi connectivity index (χ2v) is 4.45. The van der Waals surface area contributed by atoms with E-state index in [0.717, 1.165) is 23.9 Å². The first-order valence-electron chi connectivity index (χ1n) is 5.77. The third-order valence-corrected chi connectivity index (χ3v) is 3.15. The highest BCUT2D eigenvalue weighted by molar-refractivity contribution is 5.96. The maximum atomic E-state index is 12.1. The van der Waals surface area contributed by atoms with Crippen LogP contribution in [0.3, 0.4) is 0 Å². The first-order chi connectivity index (χ1) is 8.24. The Hall–Kier alpha value is -1.81. The molecule has 0 spiro atoms. The van der Waals surface area contributed by atoms with Gasteiger partial charge in [-0.05, 0) is 18.6 Å².